The van der Waals surface area contributed by atoms with E-state index in [4.69, 9.17) is 4.43 Å². The number of hydrogen-bond donors (Lipinski definition) is 0. The van der Waals surface area contributed by atoms with Crippen LogP contribution in [-0.2, 0) is 9.22 Å². The molecule has 4 heteroatoms. The highest BCUT2D eigenvalue weighted by atomic mass is 79.9. The Kier molecular flexibility index (Phi) is 8.26. The summed E-state index contributed by atoms with van der Waals surface area (Å²) in [6.45, 7) is 29.3. The van der Waals surface area contributed by atoms with Gasteiger partial charge < -0.3 is 4.43 Å². The van der Waals surface area contributed by atoms with Gasteiger partial charge in [0, 0.05) is 11.8 Å². The summed E-state index contributed by atoms with van der Waals surface area (Å²) in [6, 6.07) is 0. The average molecular weight is 622 g/mol. The molecule has 0 heterocycles. The SMILES string of the molecule is CC1(C)CCC(CC[C@@]2(C)C(=O)CC[C@@H]3[C@@]4(C)CC[C@H](O[Si](C)(C)C(C)(C)C)C(C)(C)[C@@H]4CC[C@]32C)=C(Br)C1. The smallest absolute Gasteiger partial charge is 0.192 e. The molecule has 0 aromatic heterocycles. The van der Waals surface area contributed by atoms with Crippen LogP contribution < -0.4 is 0 Å². The largest absolute Gasteiger partial charge is 0.413 e. The van der Waals surface area contributed by atoms with Crippen molar-refractivity contribution < 1.29 is 9.22 Å². The van der Waals surface area contributed by atoms with Gasteiger partial charge in [0.2, 0.25) is 0 Å². The number of halogens is 1. The predicted molar refractivity (Wildman–Crippen MR) is 173 cm³/mol. The molecule has 0 amide bonds. The van der Waals surface area contributed by atoms with Gasteiger partial charge in [0.15, 0.2) is 8.32 Å². The first kappa shape index (κ1) is 32.0. The third-order valence-corrected chi connectivity index (χ3v) is 19.1. The normalized spacial score (nSPS) is 40.7. The van der Waals surface area contributed by atoms with Crippen molar-refractivity contribution in [1.82, 2.24) is 0 Å². The Morgan fingerprint density at radius 1 is 0.897 bits per heavy atom. The van der Waals surface area contributed by atoms with Gasteiger partial charge in [-0.25, -0.2) is 0 Å². The molecule has 0 radical (unpaired) electrons. The summed E-state index contributed by atoms with van der Waals surface area (Å²) in [5.74, 6) is 1.81. The number of carbonyl (C=O) groups is 1. The first-order chi connectivity index (χ1) is 17.6. The molecule has 2 nitrogen and oxygen atoms in total. The molecule has 3 saturated carbocycles. The van der Waals surface area contributed by atoms with Gasteiger partial charge in [-0.2, -0.15) is 0 Å². The van der Waals surface area contributed by atoms with Crippen molar-refractivity contribution >= 4 is 30.0 Å². The van der Waals surface area contributed by atoms with Crippen molar-refractivity contribution in [2.75, 3.05) is 0 Å². The van der Waals surface area contributed by atoms with Crippen LogP contribution in [0.25, 0.3) is 0 Å². The monoisotopic (exact) mass is 620 g/mol. The maximum atomic E-state index is 13.9. The summed E-state index contributed by atoms with van der Waals surface area (Å²) < 4.78 is 8.60. The molecular formula is C35H61BrO2Si. The number of carbonyl (C=O) groups excluding carboxylic acids is 1. The molecule has 0 saturated heterocycles. The number of fused-ring (bicyclic) bond motifs is 3. The van der Waals surface area contributed by atoms with E-state index in [0.717, 1.165) is 32.1 Å². The van der Waals surface area contributed by atoms with Crippen molar-refractivity contribution in [3.63, 3.8) is 0 Å². The summed E-state index contributed by atoms with van der Waals surface area (Å²) in [4.78, 5) is 13.9. The second-order valence-corrected chi connectivity index (χ2v) is 23.7. The van der Waals surface area contributed by atoms with Crippen LogP contribution in [0.2, 0.25) is 18.1 Å². The summed E-state index contributed by atoms with van der Waals surface area (Å²) in [5.41, 5.74) is 2.26. The fourth-order valence-corrected chi connectivity index (χ4v) is 12.4. The Morgan fingerprint density at radius 2 is 1.54 bits per heavy atom. The number of hydrogen-bond acceptors (Lipinski definition) is 2. The van der Waals surface area contributed by atoms with E-state index in [1.807, 2.05) is 0 Å². The van der Waals surface area contributed by atoms with Gasteiger partial charge in [-0.05, 0) is 120 Å². The third kappa shape index (κ3) is 5.26. The minimum Gasteiger partial charge on any atom is -0.413 e. The van der Waals surface area contributed by atoms with Gasteiger partial charge in [0.25, 0.3) is 0 Å². The van der Waals surface area contributed by atoms with E-state index in [0.29, 0.717) is 29.1 Å². The number of Topliss-reactive ketones (excluding diaryl/α,β-unsaturated/α-hetero) is 1. The summed E-state index contributed by atoms with van der Waals surface area (Å²) in [6.07, 6.45) is 12.7. The van der Waals surface area contributed by atoms with Gasteiger partial charge in [0.05, 0.1) is 6.10 Å². The standard InChI is InChI=1S/C35H61BrO2Si/c1-30(2,3)39(11,12)38-29-18-20-33(8)26(32(29,6)7)17-22-34(9)27(33)13-14-28(37)35(34,10)21-16-24-15-19-31(4,5)23-25(24)36/h26-27,29H,13-23H2,1-12H3/t26-,27+,29-,33-,34+,35-/m0/s1. The van der Waals surface area contributed by atoms with E-state index in [1.165, 1.54) is 43.0 Å². The van der Waals surface area contributed by atoms with Crippen LogP contribution in [0, 0.1) is 38.9 Å². The molecule has 4 rings (SSSR count). The zero-order valence-electron chi connectivity index (χ0n) is 27.7. The lowest BCUT2D eigenvalue weighted by atomic mass is 9.36. The fourth-order valence-electron chi connectivity index (χ4n) is 9.79. The second-order valence-electron chi connectivity index (χ2n) is 17.9. The van der Waals surface area contributed by atoms with Gasteiger partial charge in [-0.1, -0.05) is 90.7 Å². The first-order valence-corrected chi connectivity index (χ1v) is 19.9. The first-order valence-electron chi connectivity index (χ1n) is 16.2. The molecule has 0 bridgehead atoms. The average Bonchev–Trinajstić information content (AvgIpc) is 2.77. The third-order valence-electron chi connectivity index (χ3n) is 13.8. The summed E-state index contributed by atoms with van der Waals surface area (Å²) in [7, 11) is -1.84. The van der Waals surface area contributed by atoms with Gasteiger partial charge in [-0.3, -0.25) is 4.79 Å². The van der Waals surface area contributed by atoms with Crippen molar-refractivity contribution in [2.24, 2.45) is 38.9 Å². The summed E-state index contributed by atoms with van der Waals surface area (Å²) in [5, 5.41) is 0.235. The molecule has 6 atom stereocenters. The molecule has 39 heavy (non-hydrogen) atoms. The van der Waals surface area contributed by atoms with E-state index in [2.05, 4.69) is 98.3 Å². The Labute approximate surface area is 251 Å². The molecule has 0 aliphatic heterocycles. The van der Waals surface area contributed by atoms with Gasteiger partial charge in [0.1, 0.15) is 5.78 Å². The maximum absolute atomic E-state index is 13.9. The van der Waals surface area contributed by atoms with Crippen molar-refractivity contribution in [1.29, 1.82) is 0 Å². The lowest BCUT2D eigenvalue weighted by Crippen LogP contribution is -2.65. The number of ketones is 1. The fraction of sp³-hybridized carbons (Fsp3) is 0.914. The molecule has 4 aliphatic rings. The van der Waals surface area contributed by atoms with E-state index in [9.17, 15) is 4.79 Å². The highest BCUT2D eigenvalue weighted by Crippen LogP contribution is 2.71. The summed E-state index contributed by atoms with van der Waals surface area (Å²) >= 11 is 3.96. The molecule has 0 unspecified atom stereocenters. The Morgan fingerprint density at radius 3 is 2.13 bits per heavy atom. The van der Waals surface area contributed by atoms with Crippen molar-refractivity contribution in [3.8, 4) is 0 Å². The van der Waals surface area contributed by atoms with Crippen LogP contribution in [0.3, 0.4) is 0 Å². The van der Waals surface area contributed by atoms with Gasteiger partial charge >= 0.3 is 0 Å². The lowest BCUT2D eigenvalue weighted by Gasteiger charge is -2.69. The number of allylic oxidation sites excluding steroid dienone is 2. The predicted octanol–water partition coefficient (Wildman–Crippen LogP) is 11.2. The van der Waals surface area contributed by atoms with E-state index >= 15 is 0 Å². The molecule has 0 aromatic rings. The highest BCUT2D eigenvalue weighted by molar-refractivity contribution is 9.11. The lowest BCUT2D eigenvalue weighted by molar-refractivity contribution is -0.208. The van der Waals surface area contributed by atoms with Crippen molar-refractivity contribution in [3.05, 3.63) is 10.1 Å². The van der Waals surface area contributed by atoms with Crippen LogP contribution in [0.1, 0.15) is 140 Å². The Balaban J connectivity index is 1.60. The van der Waals surface area contributed by atoms with Crippen LogP contribution in [-0.4, -0.2) is 20.2 Å². The molecule has 0 spiro atoms. The molecule has 3 fully saturated rings. The molecule has 4 aliphatic carbocycles. The Hall–Kier alpha value is 0.0669. The van der Waals surface area contributed by atoms with Crippen molar-refractivity contribution in [2.45, 2.75) is 164 Å². The minimum absolute atomic E-state index is 0.0811. The van der Waals surface area contributed by atoms with Crippen LogP contribution in [0.4, 0.5) is 0 Å². The highest BCUT2D eigenvalue weighted by Gasteiger charge is 2.67. The van der Waals surface area contributed by atoms with Crippen LogP contribution in [0.15, 0.2) is 10.1 Å². The quantitative estimate of drug-likeness (QED) is 0.286. The Bertz CT molecular complexity index is 1000. The topological polar surface area (TPSA) is 26.3 Å². The molecule has 0 aromatic carbocycles. The van der Waals surface area contributed by atoms with Gasteiger partial charge in [-0.15, -0.1) is 0 Å². The minimum atomic E-state index is -1.84. The molecule has 224 valence electrons. The number of rotatable bonds is 5. The molecule has 0 N–H and O–H groups in total. The van der Waals surface area contributed by atoms with E-state index in [1.54, 1.807) is 5.57 Å². The van der Waals surface area contributed by atoms with E-state index in [-0.39, 0.29) is 26.7 Å². The molecular weight excluding hydrogens is 560 g/mol. The zero-order chi connectivity index (χ0) is 29.4. The van der Waals surface area contributed by atoms with Crippen LogP contribution >= 0.6 is 15.9 Å². The van der Waals surface area contributed by atoms with E-state index < -0.39 is 8.32 Å². The zero-order valence-corrected chi connectivity index (χ0v) is 30.3. The maximum Gasteiger partial charge on any atom is 0.192 e. The van der Waals surface area contributed by atoms with Crippen LogP contribution in [0.5, 0.6) is 0 Å². The second kappa shape index (κ2) is 10.1.